The highest BCUT2D eigenvalue weighted by atomic mass is 127. The summed E-state index contributed by atoms with van der Waals surface area (Å²) in [5.74, 6) is 2.76. The zero-order valence-corrected chi connectivity index (χ0v) is 18.3. The van der Waals surface area contributed by atoms with Crippen molar-refractivity contribution in [2.45, 2.75) is 46.1 Å². The van der Waals surface area contributed by atoms with Crippen molar-refractivity contribution < 1.29 is 9.21 Å². The van der Waals surface area contributed by atoms with E-state index in [-0.39, 0.29) is 35.3 Å². The first-order chi connectivity index (χ1) is 11.4. The molecule has 1 aromatic rings. The summed E-state index contributed by atoms with van der Waals surface area (Å²) in [6.45, 7) is 5.17. The molecule has 1 fully saturated rings. The van der Waals surface area contributed by atoms with Crippen molar-refractivity contribution in [3.8, 4) is 0 Å². The van der Waals surface area contributed by atoms with Gasteiger partial charge in [-0.05, 0) is 32.8 Å². The van der Waals surface area contributed by atoms with Crippen LogP contribution >= 0.6 is 24.0 Å². The Labute approximate surface area is 167 Å². The Kier molecular flexibility index (Phi) is 8.24. The van der Waals surface area contributed by atoms with Crippen molar-refractivity contribution >= 4 is 35.8 Å². The molecule has 2 rings (SSSR count). The quantitative estimate of drug-likeness (QED) is 0.401. The number of carbonyl (C=O) groups excluding carboxylic acids is 1. The highest BCUT2D eigenvalue weighted by Crippen LogP contribution is 2.38. The Morgan fingerprint density at radius 3 is 2.40 bits per heavy atom. The Hall–Kier alpha value is -1.25. The van der Waals surface area contributed by atoms with Crippen LogP contribution in [0.2, 0.25) is 0 Å². The number of rotatable bonds is 5. The number of guanidine groups is 1. The van der Waals surface area contributed by atoms with Gasteiger partial charge in [0, 0.05) is 39.8 Å². The SMILES string of the molecule is CN=C(NCc1cc(C)oc1C)NCC1(C(=O)N(C)C)CCCC1.I. The second-order valence-corrected chi connectivity index (χ2v) is 6.90. The largest absolute Gasteiger partial charge is 0.466 e. The van der Waals surface area contributed by atoms with E-state index in [2.05, 4.69) is 15.6 Å². The van der Waals surface area contributed by atoms with Gasteiger partial charge in [0.15, 0.2) is 5.96 Å². The average molecular weight is 462 g/mol. The number of hydrogen-bond donors (Lipinski definition) is 2. The molecule has 1 aliphatic rings. The predicted octanol–water partition coefficient (Wildman–Crippen LogP) is 2.83. The van der Waals surface area contributed by atoms with Crippen molar-refractivity contribution in [1.82, 2.24) is 15.5 Å². The molecule has 1 aliphatic carbocycles. The van der Waals surface area contributed by atoms with Gasteiger partial charge in [0.1, 0.15) is 11.5 Å². The molecule has 1 amide bonds. The molecule has 0 atom stereocenters. The first-order valence-electron chi connectivity index (χ1n) is 8.60. The number of nitrogens with zero attached hydrogens (tertiary/aromatic N) is 2. The summed E-state index contributed by atoms with van der Waals surface area (Å²) in [7, 11) is 5.41. The van der Waals surface area contributed by atoms with Crippen molar-refractivity contribution in [3.63, 3.8) is 0 Å². The Balaban J connectivity index is 0.00000312. The number of hydrogen-bond acceptors (Lipinski definition) is 3. The third-order valence-electron chi connectivity index (χ3n) is 4.83. The second-order valence-electron chi connectivity index (χ2n) is 6.90. The van der Waals surface area contributed by atoms with Crippen LogP contribution in [0, 0.1) is 19.3 Å². The molecule has 1 heterocycles. The van der Waals surface area contributed by atoms with E-state index in [4.69, 9.17) is 4.42 Å². The molecule has 1 aromatic heterocycles. The first kappa shape index (κ1) is 21.8. The van der Waals surface area contributed by atoms with E-state index in [1.807, 2.05) is 34.0 Å². The van der Waals surface area contributed by atoms with Crippen LogP contribution in [0.25, 0.3) is 0 Å². The third kappa shape index (κ3) is 5.36. The average Bonchev–Trinajstić information content (AvgIpc) is 3.14. The Morgan fingerprint density at radius 2 is 1.92 bits per heavy atom. The maximum atomic E-state index is 12.6. The Morgan fingerprint density at radius 1 is 1.28 bits per heavy atom. The van der Waals surface area contributed by atoms with Gasteiger partial charge in [0.25, 0.3) is 0 Å². The summed E-state index contributed by atoms with van der Waals surface area (Å²) in [4.78, 5) is 18.6. The fourth-order valence-electron chi connectivity index (χ4n) is 3.50. The number of nitrogens with one attached hydrogen (secondary N) is 2. The van der Waals surface area contributed by atoms with Crippen molar-refractivity contribution in [2.24, 2.45) is 10.4 Å². The summed E-state index contributed by atoms with van der Waals surface area (Å²) in [6.07, 6.45) is 4.10. The zero-order chi connectivity index (χ0) is 17.7. The summed E-state index contributed by atoms with van der Waals surface area (Å²) < 4.78 is 5.55. The predicted molar refractivity (Wildman–Crippen MR) is 111 cm³/mol. The van der Waals surface area contributed by atoms with Gasteiger partial charge >= 0.3 is 0 Å². The van der Waals surface area contributed by atoms with Crippen LogP contribution in [-0.4, -0.2) is 44.5 Å². The van der Waals surface area contributed by atoms with Crippen LogP contribution in [0.5, 0.6) is 0 Å². The fourth-order valence-corrected chi connectivity index (χ4v) is 3.50. The summed E-state index contributed by atoms with van der Waals surface area (Å²) in [6, 6.07) is 2.03. The minimum Gasteiger partial charge on any atom is -0.466 e. The molecule has 1 saturated carbocycles. The van der Waals surface area contributed by atoms with Crippen molar-refractivity contribution in [2.75, 3.05) is 27.7 Å². The van der Waals surface area contributed by atoms with Crippen LogP contribution in [0.1, 0.15) is 42.8 Å². The van der Waals surface area contributed by atoms with E-state index in [0.29, 0.717) is 19.0 Å². The number of amides is 1. The molecule has 7 heteroatoms. The number of furan rings is 1. The molecular formula is C18H31IN4O2. The van der Waals surface area contributed by atoms with Gasteiger partial charge in [0.2, 0.25) is 5.91 Å². The topological polar surface area (TPSA) is 69.9 Å². The van der Waals surface area contributed by atoms with Gasteiger partial charge in [0.05, 0.1) is 5.41 Å². The van der Waals surface area contributed by atoms with Crippen LogP contribution in [0.3, 0.4) is 0 Å². The van der Waals surface area contributed by atoms with E-state index in [0.717, 1.165) is 42.8 Å². The van der Waals surface area contributed by atoms with E-state index >= 15 is 0 Å². The lowest BCUT2D eigenvalue weighted by atomic mass is 9.84. The minimum absolute atomic E-state index is 0. The van der Waals surface area contributed by atoms with E-state index in [1.165, 1.54) is 0 Å². The molecule has 0 saturated heterocycles. The number of aryl methyl sites for hydroxylation is 2. The van der Waals surface area contributed by atoms with Gasteiger partial charge in [-0.1, -0.05) is 12.8 Å². The Bertz CT molecular complexity index is 604. The lowest BCUT2D eigenvalue weighted by molar-refractivity contribution is -0.138. The smallest absolute Gasteiger partial charge is 0.230 e. The van der Waals surface area contributed by atoms with Crippen LogP contribution in [0.15, 0.2) is 15.5 Å². The summed E-state index contributed by atoms with van der Waals surface area (Å²) in [5, 5.41) is 6.65. The van der Waals surface area contributed by atoms with E-state index in [1.54, 1.807) is 11.9 Å². The van der Waals surface area contributed by atoms with Gasteiger partial charge in [-0.25, -0.2) is 0 Å². The summed E-state index contributed by atoms with van der Waals surface area (Å²) in [5.41, 5.74) is 0.818. The maximum absolute atomic E-state index is 12.6. The second kappa shape index (κ2) is 9.45. The van der Waals surface area contributed by atoms with E-state index in [9.17, 15) is 4.79 Å². The molecule has 0 spiro atoms. The van der Waals surface area contributed by atoms with Gasteiger partial charge in [-0.3, -0.25) is 9.79 Å². The molecule has 0 unspecified atom stereocenters. The molecule has 0 radical (unpaired) electrons. The fraction of sp³-hybridized carbons (Fsp3) is 0.667. The molecular weight excluding hydrogens is 431 g/mol. The first-order valence-corrected chi connectivity index (χ1v) is 8.60. The van der Waals surface area contributed by atoms with Crippen molar-refractivity contribution in [3.05, 3.63) is 23.2 Å². The molecule has 25 heavy (non-hydrogen) atoms. The van der Waals surface area contributed by atoms with Crippen molar-refractivity contribution in [1.29, 1.82) is 0 Å². The van der Waals surface area contributed by atoms with Crippen LogP contribution in [-0.2, 0) is 11.3 Å². The van der Waals surface area contributed by atoms with Crippen LogP contribution < -0.4 is 10.6 Å². The molecule has 142 valence electrons. The number of halogens is 1. The minimum atomic E-state index is -0.302. The normalized spacial score (nSPS) is 16.3. The lowest BCUT2D eigenvalue weighted by Gasteiger charge is -2.31. The third-order valence-corrected chi connectivity index (χ3v) is 4.83. The molecule has 0 aliphatic heterocycles. The zero-order valence-electron chi connectivity index (χ0n) is 15.9. The molecule has 0 aromatic carbocycles. The molecule has 0 bridgehead atoms. The highest BCUT2D eigenvalue weighted by molar-refractivity contribution is 14.0. The maximum Gasteiger partial charge on any atom is 0.230 e. The molecule has 6 nitrogen and oxygen atoms in total. The van der Waals surface area contributed by atoms with Gasteiger partial charge < -0.3 is 20.0 Å². The lowest BCUT2D eigenvalue weighted by Crippen LogP contribution is -2.49. The van der Waals surface area contributed by atoms with E-state index < -0.39 is 0 Å². The number of carbonyl (C=O) groups is 1. The van der Waals surface area contributed by atoms with Gasteiger partial charge in [-0.2, -0.15) is 0 Å². The van der Waals surface area contributed by atoms with Gasteiger partial charge in [-0.15, -0.1) is 24.0 Å². The standard InChI is InChI=1S/C18H30N4O2.HI/c1-13-10-15(14(2)24-13)11-20-17(19-3)21-12-18(8-6-7-9-18)16(23)22(4)5;/h10H,6-9,11-12H2,1-5H3,(H2,19,20,21);1H. The monoisotopic (exact) mass is 462 g/mol. The molecule has 2 N–H and O–H groups in total. The number of aliphatic imine (C=N–C) groups is 1. The summed E-state index contributed by atoms with van der Waals surface area (Å²) >= 11 is 0. The van der Waals surface area contributed by atoms with Crippen LogP contribution in [0.4, 0.5) is 0 Å². The highest BCUT2D eigenvalue weighted by Gasteiger charge is 2.42.